The number of hydrogen-bond acceptors (Lipinski definition) is 12. The third-order valence-electron chi connectivity index (χ3n) is 13.3. The van der Waals surface area contributed by atoms with Gasteiger partial charge in [0.2, 0.25) is 41.4 Å². The average molecular weight is 1070 g/mol. The van der Waals surface area contributed by atoms with Gasteiger partial charge in [-0.2, -0.15) is 0 Å². The molecule has 2 fully saturated rings. The largest absolute Gasteiger partial charge is 0.480 e. The molecule has 7 amide bonds. The van der Waals surface area contributed by atoms with Crippen molar-refractivity contribution in [2.75, 3.05) is 32.8 Å². The maximum atomic E-state index is 14.6. The zero-order valence-electron chi connectivity index (χ0n) is 43.1. The molecule has 5 rings (SSSR count). The average Bonchev–Trinajstić information content (AvgIpc) is 4.15. The van der Waals surface area contributed by atoms with E-state index in [0.717, 1.165) is 12.0 Å². The lowest BCUT2D eigenvalue weighted by molar-refractivity contribution is -0.149. The van der Waals surface area contributed by atoms with Gasteiger partial charge in [0, 0.05) is 32.5 Å². The molecule has 3 aromatic carbocycles. The van der Waals surface area contributed by atoms with Crippen molar-refractivity contribution in [3.05, 3.63) is 108 Å². The summed E-state index contributed by atoms with van der Waals surface area (Å²) < 4.78 is 0. The molecule has 77 heavy (non-hydrogen) atoms. The van der Waals surface area contributed by atoms with Crippen LogP contribution in [0.15, 0.2) is 91.0 Å². The molecular weight excluding hydrogens is 993 g/mol. The topological polar surface area (TPSA) is 388 Å². The van der Waals surface area contributed by atoms with E-state index < -0.39 is 96.4 Å². The second-order valence-electron chi connectivity index (χ2n) is 19.1. The predicted molar refractivity (Wildman–Crippen MR) is 285 cm³/mol. The molecule has 416 valence electrons. The second kappa shape index (κ2) is 31.1. The zero-order valence-corrected chi connectivity index (χ0v) is 43.1. The number of guanidine groups is 2. The summed E-state index contributed by atoms with van der Waals surface area (Å²) in [5.74, 6) is -6.98. The van der Waals surface area contributed by atoms with E-state index >= 15 is 0 Å². The number of hydrogen-bond donors (Lipinski definition) is 15. The van der Waals surface area contributed by atoms with Crippen LogP contribution in [0.5, 0.6) is 0 Å². The summed E-state index contributed by atoms with van der Waals surface area (Å²) in [4.78, 5) is 112. The minimum Gasteiger partial charge on any atom is -0.480 e. The van der Waals surface area contributed by atoms with Gasteiger partial charge in [-0.15, -0.1) is 0 Å². The first-order chi connectivity index (χ1) is 37.0. The summed E-state index contributed by atoms with van der Waals surface area (Å²) in [7, 11) is 0. The fourth-order valence-electron chi connectivity index (χ4n) is 9.15. The Bertz CT molecular complexity index is 2470. The molecule has 0 aromatic heterocycles. The van der Waals surface area contributed by atoms with Gasteiger partial charge in [0.25, 0.3) is 0 Å². The number of carbonyl (C=O) groups excluding carboxylic acids is 7. The number of benzene rings is 3. The fourth-order valence-corrected chi connectivity index (χ4v) is 9.15. The van der Waals surface area contributed by atoms with E-state index in [0.29, 0.717) is 36.9 Å². The van der Waals surface area contributed by atoms with Crippen molar-refractivity contribution < 1.29 is 48.6 Å². The molecule has 24 heteroatoms. The van der Waals surface area contributed by atoms with Crippen LogP contribution in [0.1, 0.15) is 74.5 Å². The third kappa shape index (κ3) is 19.8. The van der Waals surface area contributed by atoms with Gasteiger partial charge in [0.1, 0.15) is 42.3 Å². The highest BCUT2D eigenvalue weighted by molar-refractivity contribution is 5.98. The van der Waals surface area contributed by atoms with Gasteiger partial charge in [-0.05, 0) is 87.4 Å². The number of carboxylic acids is 1. The number of aliphatic carboxylic acids is 1. The van der Waals surface area contributed by atoms with Gasteiger partial charge < -0.3 is 74.4 Å². The molecule has 3 aromatic rings. The van der Waals surface area contributed by atoms with Crippen LogP contribution in [0, 0.1) is 10.8 Å². The van der Waals surface area contributed by atoms with Gasteiger partial charge in [-0.1, -0.05) is 91.0 Å². The van der Waals surface area contributed by atoms with Gasteiger partial charge in [-0.25, -0.2) is 4.79 Å². The lowest BCUT2D eigenvalue weighted by Crippen LogP contribution is -2.61. The van der Waals surface area contributed by atoms with Crippen molar-refractivity contribution in [3.63, 3.8) is 0 Å². The number of nitrogens with one attached hydrogen (secondary N) is 11. The quantitative estimate of drug-likeness (QED) is 0.0202. The van der Waals surface area contributed by atoms with E-state index in [-0.39, 0.29) is 88.8 Å². The van der Waals surface area contributed by atoms with Gasteiger partial charge >= 0.3 is 5.97 Å². The zero-order chi connectivity index (χ0) is 55.7. The molecule has 2 saturated heterocycles. The van der Waals surface area contributed by atoms with Crippen LogP contribution in [-0.4, -0.2) is 155 Å². The third-order valence-corrected chi connectivity index (χ3v) is 13.3. The summed E-state index contributed by atoms with van der Waals surface area (Å²) in [6.45, 7) is 0.160. The molecule has 0 unspecified atom stereocenters. The summed E-state index contributed by atoms with van der Waals surface area (Å²) in [5, 5.41) is 60.2. The highest BCUT2D eigenvalue weighted by Crippen LogP contribution is 2.20. The molecule has 24 nitrogen and oxygen atoms in total. The molecule has 0 saturated carbocycles. The predicted octanol–water partition coefficient (Wildman–Crippen LogP) is -1.64. The summed E-state index contributed by atoms with van der Waals surface area (Å²) in [6.07, 6.45) is 2.69. The standard InChI is InChI=1S/C53H74N14O10/c54-52(55)59-27-11-21-37(61-44(69)36-20-10-26-58-36)45(70)64-40(30-34-16-6-2-7-17-34)48(73)63-39(25-24-33-14-4-1-5-15-33)47(72)62-38(22-12-28-60-53(56)57)46(71)66-42(32-68)49(74)65-41(31-35-18-8-3-9-19-35)50(75)67-29-13-23-43(67)51(76)77/h1-9,14-19,36-43,58,68H,10-13,20-32H2,(H,61,69)(H,62,72)(H,63,73)(H,64,70)(H,65,74)(H,66,71)(H,76,77)(H4,54,55,59)(H4,56,57,60)/t36-,37-,38-,39-,40-,41-,42-,43+/m0/s1. The highest BCUT2D eigenvalue weighted by atomic mass is 16.4. The SMILES string of the molecule is N=C(N)NCCC[C@H](NC(=O)[C@@H]1CCCN1)C(=O)N[C@@H](Cc1ccccc1)C(=O)N[C@@H](CCc1ccccc1)C(=O)N[C@@H](CCCNC(=N)N)C(=O)N[C@@H](CO)C(=O)N[C@@H](Cc1ccccc1)C(=O)N1CCC[C@@H]1C(=O)O. The number of carboxylic acid groups (broad SMARTS) is 1. The molecule has 2 aliphatic rings. The van der Waals surface area contributed by atoms with Gasteiger partial charge in [-0.3, -0.25) is 44.4 Å². The second-order valence-corrected chi connectivity index (χ2v) is 19.1. The maximum Gasteiger partial charge on any atom is 0.326 e. The normalized spacial score (nSPS) is 17.2. The van der Waals surface area contributed by atoms with Crippen molar-refractivity contribution in [1.82, 2.24) is 52.8 Å². The van der Waals surface area contributed by atoms with Gasteiger partial charge in [0.15, 0.2) is 11.9 Å². The summed E-state index contributed by atoms with van der Waals surface area (Å²) in [6, 6.07) is 16.9. The first-order valence-corrected chi connectivity index (χ1v) is 26.0. The Morgan fingerprint density at radius 3 is 1.51 bits per heavy atom. The molecule has 0 bridgehead atoms. The molecular formula is C53H74N14O10. The van der Waals surface area contributed by atoms with Crippen molar-refractivity contribution in [3.8, 4) is 0 Å². The minimum absolute atomic E-state index is 0.00228. The molecule has 8 atom stereocenters. The smallest absolute Gasteiger partial charge is 0.326 e. The van der Waals surface area contributed by atoms with E-state index in [1.54, 1.807) is 60.7 Å². The van der Waals surface area contributed by atoms with Crippen LogP contribution in [0.25, 0.3) is 0 Å². The molecule has 0 aliphatic carbocycles. The number of rotatable bonds is 30. The van der Waals surface area contributed by atoms with Crippen molar-refractivity contribution in [2.45, 2.75) is 125 Å². The molecule has 17 N–H and O–H groups in total. The van der Waals surface area contributed by atoms with E-state index in [1.807, 2.05) is 30.3 Å². The highest BCUT2D eigenvalue weighted by Gasteiger charge is 2.39. The van der Waals surface area contributed by atoms with Gasteiger partial charge in [0.05, 0.1) is 12.6 Å². The number of likely N-dealkylation sites (tertiary alicyclic amines) is 1. The monoisotopic (exact) mass is 1070 g/mol. The Morgan fingerprint density at radius 1 is 0.571 bits per heavy atom. The van der Waals surface area contributed by atoms with Crippen LogP contribution in [-0.2, 0) is 57.6 Å². The van der Waals surface area contributed by atoms with E-state index in [2.05, 4.69) is 47.9 Å². The Balaban J connectivity index is 1.39. The number of aliphatic hydroxyl groups excluding tert-OH is 1. The number of aliphatic hydroxyl groups is 1. The number of amides is 7. The summed E-state index contributed by atoms with van der Waals surface area (Å²) in [5.41, 5.74) is 13.1. The fraction of sp³-hybridized carbons (Fsp3) is 0.472. The van der Waals surface area contributed by atoms with E-state index in [4.69, 9.17) is 22.3 Å². The van der Waals surface area contributed by atoms with Crippen molar-refractivity contribution >= 4 is 59.2 Å². The Morgan fingerprint density at radius 2 is 1.01 bits per heavy atom. The molecule has 2 aliphatic heterocycles. The summed E-state index contributed by atoms with van der Waals surface area (Å²) >= 11 is 0. The van der Waals surface area contributed by atoms with Crippen molar-refractivity contribution in [1.29, 1.82) is 10.8 Å². The van der Waals surface area contributed by atoms with E-state index in [9.17, 15) is 48.6 Å². The van der Waals surface area contributed by atoms with Crippen LogP contribution >= 0.6 is 0 Å². The minimum atomic E-state index is -1.67. The first-order valence-electron chi connectivity index (χ1n) is 26.0. The molecule has 2 heterocycles. The number of nitrogens with zero attached hydrogens (tertiary/aromatic N) is 1. The Labute approximate surface area is 447 Å². The maximum absolute atomic E-state index is 14.6. The van der Waals surface area contributed by atoms with Crippen molar-refractivity contribution in [2.24, 2.45) is 11.5 Å². The molecule has 0 radical (unpaired) electrons. The Kier molecular flexibility index (Phi) is 24.1. The number of aryl methyl sites for hydroxylation is 1. The van der Waals surface area contributed by atoms with Crippen LogP contribution in [0.3, 0.4) is 0 Å². The lowest BCUT2D eigenvalue weighted by atomic mass is 10.0. The number of nitrogens with two attached hydrogens (primary N) is 2. The first kappa shape index (κ1) is 59.8. The lowest BCUT2D eigenvalue weighted by Gasteiger charge is -2.29. The van der Waals surface area contributed by atoms with Crippen LogP contribution < -0.4 is 59.3 Å². The van der Waals surface area contributed by atoms with Crippen LogP contribution in [0.4, 0.5) is 0 Å². The number of carbonyl (C=O) groups is 8. The molecule has 0 spiro atoms. The van der Waals surface area contributed by atoms with E-state index in [1.165, 1.54) is 4.90 Å². The Hall–Kier alpha value is -8.12. The van der Waals surface area contributed by atoms with Crippen LogP contribution in [0.2, 0.25) is 0 Å².